The monoisotopic (exact) mass is 373 g/mol. The number of aromatic nitrogens is 2. The van der Waals surface area contributed by atoms with Crippen LogP contribution in [0, 0.1) is 11.7 Å². The van der Waals surface area contributed by atoms with Crippen molar-refractivity contribution >= 4 is 29.0 Å². The molecule has 1 fully saturated rings. The number of rotatable bonds is 5. The van der Waals surface area contributed by atoms with Gasteiger partial charge >= 0.3 is 6.01 Å². The molecule has 1 aromatic heterocycles. The number of nitrogens with one attached hydrogen (secondary N) is 1. The van der Waals surface area contributed by atoms with Crippen molar-refractivity contribution in [1.29, 1.82) is 0 Å². The molecular formula is C18H20FN5O3. The van der Waals surface area contributed by atoms with Crippen molar-refractivity contribution in [2.45, 2.75) is 6.42 Å². The Hall–Kier alpha value is -3.23. The molecule has 0 aliphatic carbocycles. The molecule has 0 saturated carbocycles. The normalized spacial score (nSPS) is 16.4. The minimum absolute atomic E-state index is 0.0809. The van der Waals surface area contributed by atoms with Crippen LogP contribution >= 0.6 is 0 Å². The van der Waals surface area contributed by atoms with Gasteiger partial charge in [0.1, 0.15) is 11.5 Å². The number of halogens is 1. The quantitative estimate of drug-likeness (QED) is 0.858. The van der Waals surface area contributed by atoms with Crippen LogP contribution in [-0.2, 0) is 9.59 Å². The number of carbonyl (C=O) groups is 2. The molecule has 2 heterocycles. The first kappa shape index (κ1) is 18.6. The van der Waals surface area contributed by atoms with Crippen LogP contribution in [0.25, 0.3) is 0 Å². The summed E-state index contributed by atoms with van der Waals surface area (Å²) in [6.07, 6.45) is 1.55. The summed E-state index contributed by atoms with van der Waals surface area (Å²) >= 11 is 0. The molecule has 1 aliphatic heterocycles. The lowest BCUT2D eigenvalue weighted by atomic mass is 10.1. The molecule has 1 saturated heterocycles. The number of benzene rings is 1. The van der Waals surface area contributed by atoms with E-state index in [9.17, 15) is 14.0 Å². The number of carbonyl (C=O) groups excluding carboxylic acids is 2. The van der Waals surface area contributed by atoms with E-state index in [1.54, 1.807) is 19.0 Å². The standard InChI is InChI=1S/C18H20FN5O3/c1-23(2)16-14(9-20-18(22-16)27-3)21-17(26)11-8-15(25)24(10-11)13-6-4-12(19)5-7-13/h4-7,9,11H,8,10H2,1-3H3,(H,21,26). The van der Waals surface area contributed by atoms with E-state index in [-0.39, 0.29) is 36.6 Å². The Balaban J connectivity index is 1.74. The van der Waals surface area contributed by atoms with E-state index in [0.29, 0.717) is 17.2 Å². The minimum atomic E-state index is -0.528. The summed E-state index contributed by atoms with van der Waals surface area (Å²) in [6.45, 7) is 0.227. The molecular weight excluding hydrogens is 353 g/mol. The fraction of sp³-hybridized carbons (Fsp3) is 0.333. The van der Waals surface area contributed by atoms with Gasteiger partial charge in [0.2, 0.25) is 11.8 Å². The summed E-state index contributed by atoms with van der Waals surface area (Å²) in [5.74, 6) is -0.893. The second-order valence-electron chi connectivity index (χ2n) is 6.36. The Kier molecular flexibility index (Phi) is 5.20. The Morgan fingerprint density at radius 1 is 1.33 bits per heavy atom. The molecule has 142 valence electrons. The third-order valence-corrected chi connectivity index (χ3v) is 4.24. The number of hydrogen-bond donors (Lipinski definition) is 1. The minimum Gasteiger partial charge on any atom is -0.467 e. The van der Waals surface area contributed by atoms with E-state index in [1.807, 2.05) is 0 Å². The van der Waals surface area contributed by atoms with Gasteiger partial charge in [-0.3, -0.25) is 9.59 Å². The van der Waals surface area contributed by atoms with Gasteiger partial charge in [-0.1, -0.05) is 0 Å². The van der Waals surface area contributed by atoms with Crippen molar-refractivity contribution in [2.24, 2.45) is 5.92 Å². The summed E-state index contributed by atoms with van der Waals surface area (Å²) in [4.78, 5) is 36.4. The Labute approximate surface area is 156 Å². The van der Waals surface area contributed by atoms with Crippen molar-refractivity contribution in [3.63, 3.8) is 0 Å². The average molecular weight is 373 g/mol. The molecule has 0 radical (unpaired) electrons. The van der Waals surface area contributed by atoms with Crippen LogP contribution in [0.3, 0.4) is 0 Å². The average Bonchev–Trinajstić information content (AvgIpc) is 3.04. The topological polar surface area (TPSA) is 87.7 Å². The molecule has 1 aliphatic rings. The maximum Gasteiger partial charge on any atom is 0.318 e. The Morgan fingerprint density at radius 2 is 2.04 bits per heavy atom. The molecule has 9 heteroatoms. The fourth-order valence-electron chi connectivity index (χ4n) is 2.87. The van der Waals surface area contributed by atoms with Gasteiger partial charge in [-0.25, -0.2) is 9.37 Å². The van der Waals surface area contributed by atoms with E-state index >= 15 is 0 Å². The van der Waals surface area contributed by atoms with Crippen LogP contribution in [0.2, 0.25) is 0 Å². The number of anilines is 3. The van der Waals surface area contributed by atoms with Gasteiger partial charge in [0.05, 0.1) is 19.2 Å². The molecule has 1 N–H and O–H groups in total. The summed E-state index contributed by atoms with van der Waals surface area (Å²) in [5.41, 5.74) is 0.997. The molecule has 27 heavy (non-hydrogen) atoms. The highest BCUT2D eigenvalue weighted by molar-refractivity contribution is 6.04. The fourth-order valence-corrected chi connectivity index (χ4v) is 2.87. The zero-order valence-electron chi connectivity index (χ0n) is 15.3. The second kappa shape index (κ2) is 7.56. The number of amides is 2. The van der Waals surface area contributed by atoms with Gasteiger partial charge in [-0.05, 0) is 24.3 Å². The van der Waals surface area contributed by atoms with Crippen LogP contribution < -0.4 is 19.9 Å². The maximum atomic E-state index is 13.1. The smallest absolute Gasteiger partial charge is 0.318 e. The Bertz CT molecular complexity index is 857. The summed E-state index contributed by atoms with van der Waals surface area (Å²) in [7, 11) is 5.03. The molecule has 1 unspecified atom stereocenters. The van der Waals surface area contributed by atoms with Crippen molar-refractivity contribution in [2.75, 3.05) is 42.9 Å². The van der Waals surface area contributed by atoms with Crippen LogP contribution in [0.1, 0.15) is 6.42 Å². The lowest BCUT2D eigenvalue weighted by Crippen LogP contribution is -2.28. The summed E-state index contributed by atoms with van der Waals surface area (Å²) in [5, 5.41) is 2.79. The number of nitrogens with zero attached hydrogens (tertiary/aromatic N) is 4. The van der Waals surface area contributed by atoms with Gasteiger partial charge in [-0.15, -0.1) is 0 Å². The highest BCUT2D eigenvalue weighted by Crippen LogP contribution is 2.28. The second-order valence-corrected chi connectivity index (χ2v) is 6.36. The van der Waals surface area contributed by atoms with Crippen molar-refractivity contribution in [1.82, 2.24) is 9.97 Å². The van der Waals surface area contributed by atoms with Crippen molar-refractivity contribution in [3.8, 4) is 6.01 Å². The lowest BCUT2D eigenvalue weighted by Gasteiger charge is -2.19. The molecule has 2 aromatic rings. The predicted molar refractivity (Wildman–Crippen MR) is 98.4 cm³/mol. The van der Waals surface area contributed by atoms with E-state index in [0.717, 1.165) is 0 Å². The Morgan fingerprint density at radius 3 is 2.67 bits per heavy atom. The number of methoxy groups -OCH3 is 1. The first-order valence-electron chi connectivity index (χ1n) is 8.34. The van der Waals surface area contributed by atoms with E-state index in [2.05, 4.69) is 15.3 Å². The summed E-state index contributed by atoms with van der Waals surface area (Å²) < 4.78 is 18.1. The molecule has 0 spiro atoms. The van der Waals surface area contributed by atoms with E-state index in [1.165, 1.54) is 42.5 Å². The van der Waals surface area contributed by atoms with E-state index in [4.69, 9.17) is 4.74 Å². The van der Waals surface area contributed by atoms with E-state index < -0.39 is 5.92 Å². The largest absolute Gasteiger partial charge is 0.467 e. The molecule has 1 atom stereocenters. The first-order valence-corrected chi connectivity index (χ1v) is 8.34. The van der Waals surface area contributed by atoms with Gasteiger partial charge in [-0.2, -0.15) is 4.98 Å². The van der Waals surface area contributed by atoms with Gasteiger partial charge in [0, 0.05) is 32.7 Å². The highest BCUT2D eigenvalue weighted by atomic mass is 19.1. The summed E-state index contributed by atoms with van der Waals surface area (Å²) in [6, 6.07) is 5.81. The van der Waals surface area contributed by atoms with Crippen LogP contribution in [0.5, 0.6) is 6.01 Å². The zero-order valence-corrected chi connectivity index (χ0v) is 15.3. The van der Waals surface area contributed by atoms with Gasteiger partial charge < -0.3 is 19.9 Å². The van der Waals surface area contributed by atoms with Gasteiger partial charge in [0.15, 0.2) is 5.82 Å². The highest BCUT2D eigenvalue weighted by Gasteiger charge is 2.35. The van der Waals surface area contributed by atoms with Crippen molar-refractivity contribution in [3.05, 3.63) is 36.3 Å². The molecule has 2 amide bonds. The van der Waals surface area contributed by atoms with Crippen LogP contribution in [0.4, 0.5) is 21.6 Å². The number of hydrogen-bond acceptors (Lipinski definition) is 6. The SMILES string of the molecule is COc1ncc(NC(=O)C2CC(=O)N(c3ccc(F)cc3)C2)c(N(C)C)n1. The molecule has 0 bridgehead atoms. The van der Waals surface area contributed by atoms with Crippen LogP contribution in [0.15, 0.2) is 30.5 Å². The van der Waals surface area contributed by atoms with Crippen molar-refractivity contribution < 1.29 is 18.7 Å². The third-order valence-electron chi connectivity index (χ3n) is 4.24. The number of ether oxygens (including phenoxy) is 1. The van der Waals surface area contributed by atoms with Gasteiger partial charge in [0.25, 0.3) is 0 Å². The zero-order chi connectivity index (χ0) is 19.6. The predicted octanol–water partition coefficient (Wildman–Crippen LogP) is 1.68. The molecule has 1 aromatic carbocycles. The first-order chi connectivity index (χ1) is 12.9. The lowest BCUT2D eigenvalue weighted by molar-refractivity contribution is -0.122. The third kappa shape index (κ3) is 3.97. The maximum absolute atomic E-state index is 13.1. The molecule has 8 nitrogen and oxygen atoms in total. The van der Waals surface area contributed by atoms with Crippen LogP contribution in [-0.4, -0.2) is 49.5 Å². The molecule has 3 rings (SSSR count).